The molecule has 1 amide bonds. The molecule has 0 radical (unpaired) electrons. The minimum Gasteiger partial charge on any atom is -0.494 e. The Kier molecular flexibility index (Phi) is 6.21. The summed E-state index contributed by atoms with van der Waals surface area (Å²) in [5.74, 6) is 0.869. The zero-order chi connectivity index (χ0) is 21.8. The van der Waals surface area contributed by atoms with Crippen LogP contribution in [0.1, 0.15) is 17.5 Å². The van der Waals surface area contributed by atoms with E-state index in [-0.39, 0.29) is 5.82 Å². The largest absolute Gasteiger partial charge is 0.494 e. The lowest BCUT2D eigenvalue weighted by Crippen LogP contribution is -2.14. The second-order valence-electron chi connectivity index (χ2n) is 6.55. The fraction of sp³-hybridized carbons (Fsp3) is 0.0870. The van der Waals surface area contributed by atoms with E-state index in [1.54, 1.807) is 22.9 Å². The molecule has 0 fully saturated rings. The molecule has 0 atom stereocenters. The van der Waals surface area contributed by atoms with Gasteiger partial charge >= 0.3 is 0 Å². The van der Waals surface area contributed by atoms with Crippen molar-refractivity contribution < 1.29 is 9.53 Å². The summed E-state index contributed by atoms with van der Waals surface area (Å²) in [6.45, 7) is 2.51. The Labute approximate surface area is 189 Å². The fourth-order valence-electron chi connectivity index (χ4n) is 2.97. The van der Waals surface area contributed by atoms with E-state index in [0.29, 0.717) is 28.2 Å². The maximum absolute atomic E-state index is 12.8. The van der Waals surface area contributed by atoms with Gasteiger partial charge in [-0.05, 0) is 49.4 Å². The van der Waals surface area contributed by atoms with Crippen LogP contribution in [0.3, 0.4) is 0 Å². The Morgan fingerprint density at radius 1 is 1.00 bits per heavy atom. The highest BCUT2D eigenvalue weighted by Crippen LogP contribution is 2.26. The fourth-order valence-corrected chi connectivity index (χ4v) is 3.27. The molecule has 0 saturated heterocycles. The molecule has 1 heterocycles. The number of rotatable bonds is 6. The number of aromatic nitrogens is 3. The molecule has 8 heteroatoms. The average molecular weight is 453 g/mol. The molecule has 0 spiro atoms. The molecule has 31 heavy (non-hydrogen) atoms. The summed E-state index contributed by atoms with van der Waals surface area (Å²) in [6.07, 6.45) is 0. The van der Waals surface area contributed by atoms with Gasteiger partial charge in [0.05, 0.1) is 22.3 Å². The average Bonchev–Trinajstić information content (AvgIpc) is 3.23. The number of nitrogens with zero attached hydrogens (tertiary/aromatic N) is 3. The van der Waals surface area contributed by atoms with Crippen LogP contribution in [0.15, 0.2) is 72.8 Å². The van der Waals surface area contributed by atoms with Crippen molar-refractivity contribution in [3.05, 3.63) is 88.7 Å². The molecule has 3 aromatic carbocycles. The first-order valence-corrected chi connectivity index (χ1v) is 10.3. The zero-order valence-corrected chi connectivity index (χ0v) is 18.1. The van der Waals surface area contributed by atoms with Gasteiger partial charge in [-0.1, -0.05) is 53.5 Å². The van der Waals surface area contributed by atoms with Crippen molar-refractivity contribution in [1.82, 2.24) is 14.8 Å². The van der Waals surface area contributed by atoms with E-state index in [9.17, 15) is 4.79 Å². The van der Waals surface area contributed by atoms with E-state index in [2.05, 4.69) is 15.4 Å². The summed E-state index contributed by atoms with van der Waals surface area (Å²) in [7, 11) is 0. The number of anilines is 1. The van der Waals surface area contributed by atoms with Crippen molar-refractivity contribution in [1.29, 1.82) is 0 Å². The number of carbonyl (C=O) groups excluding carboxylic acids is 1. The van der Waals surface area contributed by atoms with Gasteiger partial charge in [-0.3, -0.25) is 4.79 Å². The van der Waals surface area contributed by atoms with Crippen molar-refractivity contribution in [2.75, 3.05) is 11.9 Å². The highest BCUT2D eigenvalue weighted by molar-refractivity contribution is 6.42. The van der Waals surface area contributed by atoms with Crippen LogP contribution in [0.5, 0.6) is 5.75 Å². The third-order valence-electron chi connectivity index (χ3n) is 4.41. The number of nitrogens with one attached hydrogen (secondary N) is 1. The predicted octanol–water partition coefficient (Wildman–Crippen LogP) is 5.89. The van der Waals surface area contributed by atoms with Crippen LogP contribution in [0.4, 0.5) is 5.69 Å². The quantitative estimate of drug-likeness (QED) is 0.395. The number of halogens is 2. The topological polar surface area (TPSA) is 69.0 Å². The van der Waals surface area contributed by atoms with Crippen LogP contribution in [-0.2, 0) is 0 Å². The molecular weight excluding hydrogens is 435 g/mol. The third-order valence-corrected chi connectivity index (χ3v) is 5.15. The smallest absolute Gasteiger partial charge is 0.295 e. The summed E-state index contributed by atoms with van der Waals surface area (Å²) >= 11 is 12.0. The van der Waals surface area contributed by atoms with Gasteiger partial charge in [0, 0.05) is 11.3 Å². The summed E-state index contributed by atoms with van der Waals surface area (Å²) in [5.41, 5.74) is 2.08. The Balaban J connectivity index is 1.70. The van der Waals surface area contributed by atoms with Gasteiger partial charge in [0.15, 0.2) is 5.82 Å². The molecule has 1 N–H and O–H groups in total. The summed E-state index contributed by atoms with van der Waals surface area (Å²) in [6, 6.07) is 21.8. The lowest BCUT2D eigenvalue weighted by atomic mass is 10.2. The van der Waals surface area contributed by atoms with Crippen molar-refractivity contribution in [2.45, 2.75) is 6.92 Å². The van der Waals surface area contributed by atoms with Crippen molar-refractivity contribution in [3.8, 4) is 22.8 Å². The van der Waals surface area contributed by atoms with Gasteiger partial charge in [-0.2, -0.15) is 0 Å². The van der Waals surface area contributed by atoms with E-state index in [0.717, 1.165) is 17.0 Å². The van der Waals surface area contributed by atoms with Crippen LogP contribution in [0.25, 0.3) is 17.1 Å². The van der Waals surface area contributed by atoms with Gasteiger partial charge in [-0.15, -0.1) is 5.10 Å². The van der Waals surface area contributed by atoms with Crippen LogP contribution in [0, 0.1) is 0 Å². The second-order valence-corrected chi connectivity index (χ2v) is 7.36. The van der Waals surface area contributed by atoms with Crippen LogP contribution >= 0.6 is 23.2 Å². The molecule has 0 saturated carbocycles. The molecule has 1 aromatic heterocycles. The molecule has 6 nitrogen and oxygen atoms in total. The Morgan fingerprint density at radius 3 is 2.42 bits per heavy atom. The SMILES string of the molecule is CCOc1ccc(-n2nc(C(=O)Nc3ccc(Cl)c(Cl)c3)nc2-c2ccccc2)cc1. The number of amides is 1. The Bertz CT molecular complexity index is 1210. The molecular formula is C23H18Cl2N4O2. The first-order valence-electron chi connectivity index (χ1n) is 9.57. The van der Waals surface area contributed by atoms with E-state index in [1.807, 2.05) is 61.5 Å². The zero-order valence-electron chi connectivity index (χ0n) is 16.5. The highest BCUT2D eigenvalue weighted by Gasteiger charge is 2.19. The van der Waals surface area contributed by atoms with E-state index >= 15 is 0 Å². The van der Waals surface area contributed by atoms with E-state index in [4.69, 9.17) is 27.9 Å². The summed E-state index contributed by atoms with van der Waals surface area (Å²) in [4.78, 5) is 17.3. The molecule has 0 aliphatic heterocycles. The standard InChI is InChI=1S/C23H18Cl2N4O2/c1-2-31-18-11-9-17(10-12-18)29-22(15-6-4-3-5-7-15)27-21(28-29)23(30)26-16-8-13-19(24)20(25)14-16/h3-14H,2H2,1H3,(H,26,30). The number of ether oxygens (including phenoxy) is 1. The molecule has 156 valence electrons. The number of benzene rings is 3. The van der Waals surface area contributed by atoms with Gasteiger partial charge < -0.3 is 10.1 Å². The lowest BCUT2D eigenvalue weighted by molar-refractivity contribution is 0.101. The molecule has 4 rings (SSSR count). The van der Waals surface area contributed by atoms with Crippen LogP contribution < -0.4 is 10.1 Å². The maximum Gasteiger partial charge on any atom is 0.295 e. The summed E-state index contributed by atoms with van der Waals surface area (Å²) in [5, 5.41) is 7.97. The number of carbonyl (C=O) groups is 1. The number of hydrogen-bond donors (Lipinski definition) is 1. The molecule has 0 aliphatic rings. The normalized spacial score (nSPS) is 10.7. The monoisotopic (exact) mass is 452 g/mol. The third kappa shape index (κ3) is 4.71. The summed E-state index contributed by atoms with van der Waals surface area (Å²) < 4.78 is 7.14. The molecule has 0 aliphatic carbocycles. The predicted molar refractivity (Wildman–Crippen MR) is 122 cm³/mol. The molecule has 0 bridgehead atoms. The van der Waals surface area contributed by atoms with Crippen molar-refractivity contribution in [2.24, 2.45) is 0 Å². The Hall–Kier alpha value is -3.35. The van der Waals surface area contributed by atoms with Crippen LogP contribution in [0.2, 0.25) is 10.0 Å². The lowest BCUT2D eigenvalue weighted by Gasteiger charge is -2.07. The van der Waals surface area contributed by atoms with Gasteiger partial charge in [0.1, 0.15) is 5.75 Å². The minimum atomic E-state index is -0.458. The van der Waals surface area contributed by atoms with Crippen LogP contribution in [-0.4, -0.2) is 27.3 Å². The van der Waals surface area contributed by atoms with Crippen molar-refractivity contribution >= 4 is 34.8 Å². The molecule has 4 aromatic rings. The Morgan fingerprint density at radius 2 is 1.74 bits per heavy atom. The van der Waals surface area contributed by atoms with Crippen molar-refractivity contribution in [3.63, 3.8) is 0 Å². The highest BCUT2D eigenvalue weighted by atomic mass is 35.5. The number of hydrogen-bond acceptors (Lipinski definition) is 4. The first-order chi connectivity index (χ1) is 15.0. The van der Waals surface area contributed by atoms with Gasteiger partial charge in [-0.25, -0.2) is 9.67 Å². The first kappa shape index (κ1) is 20.9. The van der Waals surface area contributed by atoms with Gasteiger partial charge in [0.25, 0.3) is 5.91 Å². The minimum absolute atomic E-state index is 0.0267. The maximum atomic E-state index is 12.8. The second kappa shape index (κ2) is 9.20. The van der Waals surface area contributed by atoms with Gasteiger partial charge in [0.2, 0.25) is 5.82 Å². The molecule has 0 unspecified atom stereocenters. The van der Waals surface area contributed by atoms with E-state index in [1.165, 1.54) is 0 Å². The van der Waals surface area contributed by atoms with E-state index < -0.39 is 5.91 Å².